The minimum atomic E-state index is -0.430. The maximum absolute atomic E-state index is 12.7. The molecule has 24 heavy (non-hydrogen) atoms. The van der Waals surface area contributed by atoms with Gasteiger partial charge in [0.15, 0.2) is 0 Å². The van der Waals surface area contributed by atoms with Gasteiger partial charge in [-0.05, 0) is 37.6 Å². The first kappa shape index (κ1) is 18.7. The Morgan fingerprint density at radius 1 is 1.42 bits per heavy atom. The first-order valence-electron chi connectivity index (χ1n) is 8.32. The number of nitrogens with one attached hydrogen (secondary N) is 1. The number of likely N-dealkylation sites (N-methyl/N-ethyl adjacent to an activating group) is 1. The lowest BCUT2D eigenvalue weighted by molar-refractivity contribution is -0.145. The van der Waals surface area contributed by atoms with Crippen LogP contribution in [0.15, 0.2) is 24.3 Å². The van der Waals surface area contributed by atoms with Crippen LogP contribution in [0.2, 0.25) is 5.02 Å². The summed E-state index contributed by atoms with van der Waals surface area (Å²) in [6.45, 7) is 2.73. The maximum Gasteiger partial charge on any atom is 0.323 e. The van der Waals surface area contributed by atoms with E-state index in [2.05, 4.69) is 12.2 Å². The molecule has 2 rings (SSSR count). The molecule has 5 nitrogen and oxygen atoms in total. The minimum absolute atomic E-state index is 0.0216. The summed E-state index contributed by atoms with van der Waals surface area (Å²) >= 11 is 6.12. The molecule has 1 heterocycles. The van der Waals surface area contributed by atoms with E-state index in [0.29, 0.717) is 18.0 Å². The van der Waals surface area contributed by atoms with Crippen molar-refractivity contribution in [1.29, 1.82) is 0 Å². The van der Waals surface area contributed by atoms with Gasteiger partial charge in [0.1, 0.15) is 6.04 Å². The Kier molecular flexibility index (Phi) is 6.63. The van der Waals surface area contributed by atoms with Crippen molar-refractivity contribution in [3.8, 4) is 0 Å². The maximum atomic E-state index is 12.7. The molecule has 1 fully saturated rings. The molecular weight excluding hydrogens is 328 g/mol. The Labute approximate surface area is 148 Å². The second-order valence-electron chi connectivity index (χ2n) is 6.19. The van der Waals surface area contributed by atoms with E-state index in [1.807, 2.05) is 30.1 Å². The topological polar surface area (TPSA) is 58.6 Å². The van der Waals surface area contributed by atoms with E-state index in [4.69, 9.17) is 16.3 Å². The van der Waals surface area contributed by atoms with Crippen molar-refractivity contribution in [2.75, 3.05) is 20.7 Å². The van der Waals surface area contributed by atoms with Gasteiger partial charge in [-0.1, -0.05) is 37.1 Å². The molecule has 6 heteroatoms. The molecule has 0 unspecified atom stereocenters. The Bertz CT molecular complexity index is 593. The molecule has 0 radical (unpaired) electrons. The van der Waals surface area contributed by atoms with E-state index >= 15 is 0 Å². The minimum Gasteiger partial charge on any atom is -0.468 e. The number of unbranched alkanes of at least 4 members (excludes halogenated alkanes) is 1. The highest BCUT2D eigenvalue weighted by atomic mass is 35.5. The zero-order valence-electron chi connectivity index (χ0n) is 14.4. The largest absolute Gasteiger partial charge is 0.468 e. The van der Waals surface area contributed by atoms with Gasteiger partial charge in [-0.15, -0.1) is 0 Å². The highest BCUT2D eigenvalue weighted by molar-refractivity contribution is 6.30. The number of amides is 1. The number of nitrogens with zero attached hydrogens (tertiary/aromatic N) is 1. The van der Waals surface area contributed by atoms with Gasteiger partial charge in [0.2, 0.25) is 5.91 Å². The Morgan fingerprint density at radius 3 is 2.79 bits per heavy atom. The Morgan fingerprint density at radius 2 is 2.17 bits per heavy atom. The molecule has 0 aliphatic carbocycles. The Hall–Kier alpha value is -1.59. The zero-order chi connectivity index (χ0) is 17.7. The first-order valence-corrected chi connectivity index (χ1v) is 8.70. The number of carbonyl (C=O) groups is 2. The highest BCUT2D eigenvalue weighted by Gasteiger charge is 2.46. The molecule has 1 aromatic carbocycles. The number of hydrogen-bond acceptors (Lipinski definition) is 4. The molecule has 0 aromatic heterocycles. The van der Waals surface area contributed by atoms with Crippen LogP contribution in [0.3, 0.4) is 0 Å². The lowest BCUT2D eigenvalue weighted by Crippen LogP contribution is -2.36. The number of rotatable bonds is 6. The first-order chi connectivity index (χ1) is 11.5. The molecule has 1 aliphatic rings. The predicted molar refractivity (Wildman–Crippen MR) is 93.8 cm³/mol. The van der Waals surface area contributed by atoms with E-state index in [9.17, 15) is 9.59 Å². The van der Waals surface area contributed by atoms with E-state index < -0.39 is 6.04 Å². The molecule has 132 valence electrons. The summed E-state index contributed by atoms with van der Waals surface area (Å²) in [6.07, 6.45) is 2.40. The molecule has 3 atom stereocenters. The van der Waals surface area contributed by atoms with Gasteiger partial charge in [0.05, 0.1) is 13.0 Å². The lowest BCUT2D eigenvalue weighted by Gasteiger charge is -2.27. The number of halogens is 1. The third-order valence-corrected chi connectivity index (χ3v) is 4.85. The molecule has 1 amide bonds. The Balaban J connectivity index is 2.27. The van der Waals surface area contributed by atoms with Crippen molar-refractivity contribution >= 4 is 23.5 Å². The summed E-state index contributed by atoms with van der Waals surface area (Å²) < 4.78 is 4.90. The van der Waals surface area contributed by atoms with Crippen molar-refractivity contribution in [2.45, 2.75) is 38.3 Å². The van der Waals surface area contributed by atoms with E-state index in [0.717, 1.165) is 18.4 Å². The second-order valence-corrected chi connectivity index (χ2v) is 6.63. The fourth-order valence-electron chi connectivity index (χ4n) is 3.34. The van der Waals surface area contributed by atoms with E-state index in [1.165, 1.54) is 7.11 Å². The van der Waals surface area contributed by atoms with Crippen LogP contribution in [0.5, 0.6) is 0 Å². The normalized spacial score (nSPS) is 23.9. The van der Waals surface area contributed by atoms with Crippen LogP contribution in [0.4, 0.5) is 0 Å². The fraction of sp³-hybridized carbons (Fsp3) is 0.556. The van der Waals surface area contributed by atoms with Crippen molar-refractivity contribution in [3.63, 3.8) is 0 Å². The smallest absolute Gasteiger partial charge is 0.323 e. The van der Waals surface area contributed by atoms with Gasteiger partial charge in [-0.3, -0.25) is 14.5 Å². The van der Waals surface area contributed by atoms with Crippen molar-refractivity contribution in [3.05, 3.63) is 34.9 Å². The van der Waals surface area contributed by atoms with Crippen LogP contribution in [0, 0.1) is 5.92 Å². The van der Waals surface area contributed by atoms with E-state index in [-0.39, 0.29) is 23.8 Å². The molecule has 0 saturated carbocycles. The molecule has 0 bridgehead atoms. The molecule has 1 saturated heterocycles. The van der Waals surface area contributed by atoms with Gasteiger partial charge in [0, 0.05) is 17.6 Å². The fourth-order valence-corrected chi connectivity index (χ4v) is 3.54. The predicted octanol–water partition coefficient (Wildman–Crippen LogP) is 2.79. The van der Waals surface area contributed by atoms with Crippen LogP contribution in [-0.4, -0.2) is 43.5 Å². The molecule has 0 spiro atoms. The highest BCUT2D eigenvalue weighted by Crippen LogP contribution is 2.41. The van der Waals surface area contributed by atoms with Gasteiger partial charge >= 0.3 is 5.97 Å². The summed E-state index contributed by atoms with van der Waals surface area (Å²) in [5.74, 6) is -0.644. The summed E-state index contributed by atoms with van der Waals surface area (Å²) in [5, 5.41) is 3.61. The summed E-state index contributed by atoms with van der Waals surface area (Å²) in [5.41, 5.74) is 0.937. The van der Waals surface area contributed by atoms with Gasteiger partial charge in [0.25, 0.3) is 0 Å². The van der Waals surface area contributed by atoms with Crippen LogP contribution in [0.25, 0.3) is 0 Å². The van der Waals surface area contributed by atoms with Crippen molar-refractivity contribution in [2.24, 2.45) is 5.92 Å². The van der Waals surface area contributed by atoms with E-state index in [1.54, 1.807) is 6.07 Å². The number of carbonyl (C=O) groups excluding carboxylic acids is 2. The van der Waals surface area contributed by atoms with Crippen LogP contribution >= 0.6 is 11.6 Å². The molecule has 1 aliphatic heterocycles. The number of esters is 1. The van der Waals surface area contributed by atoms with Crippen LogP contribution in [-0.2, 0) is 14.3 Å². The second kappa shape index (κ2) is 8.49. The molecule has 1 N–H and O–H groups in total. The number of benzene rings is 1. The van der Waals surface area contributed by atoms with Gasteiger partial charge in [-0.25, -0.2) is 0 Å². The summed E-state index contributed by atoms with van der Waals surface area (Å²) in [7, 11) is 3.23. The van der Waals surface area contributed by atoms with Gasteiger partial charge < -0.3 is 10.1 Å². The average Bonchev–Trinajstić information content (AvgIpc) is 2.91. The third-order valence-electron chi connectivity index (χ3n) is 4.62. The van der Waals surface area contributed by atoms with Crippen molar-refractivity contribution in [1.82, 2.24) is 10.2 Å². The number of likely N-dealkylation sites (tertiary alicyclic amines) is 1. The average molecular weight is 353 g/mol. The number of hydrogen-bond donors (Lipinski definition) is 1. The quantitative estimate of drug-likeness (QED) is 0.631. The third kappa shape index (κ3) is 4.08. The number of methoxy groups -OCH3 is 1. The van der Waals surface area contributed by atoms with Gasteiger partial charge in [-0.2, -0.15) is 0 Å². The molecular formula is C18H25ClN2O3. The molecule has 1 aromatic rings. The van der Waals surface area contributed by atoms with Crippen LogP contribution < -0.4 is 5.32 Å². The summed E-state index contributed by atoms with van der Waals surface area (Å²) in [6, 6.07) is 6.83. The lowest BCUT2D eigenvalue weighted by atomic mass is 9.92. The SMILES string of the molecule is CCCCNC(=O)[C@H]1C[C@@H](C(=O)OC)N(C)[C@H]1c1cccc(Cl)c1. The standard InChI is InChI=1S/C18H25ClN2O3/c1-4-5-9-20-17(22)14-11-15(18(23)24-3)21(2)16(14)12-7-6-8-13(19)10-12/h6-8,10,14-16H,4-5,9,11H2,1-3H3,(H,20,22)/t14-,15-,16-/m0/s1. The van der Waals surface area contributed by atoms with Crippen LogP contribution in [0.1, 0.15) is 37.8 Å². The zero-order valence-corrected chi connectivity index (χ0v) is 15.2. The van der Waals surface area contributed by atoms with Crippen molar-refractivity contribution < 1.29 is 14.3 Å². The summed E-state index contributed by atoms with van der Waals surface area (Å²) in [4.78, 5) is 26.7. The number of ether oxygens (including phenoxy) is 1. The monoisotopic (exact) mass is 352 g/mol.